The van der Waals surface area contributed by atoms with Crippen molar-refractivity contribution in [2.45, 2.75) is 6.42 Å². The first kappa shape index (κ1) is 7.02. The molecule has 0 spiro atoms. The van der Waals surface area contributed by atoms with Crippen LogP contribution in [0, 0.1) is 0 Å². The number of ketones is 1. The van der Waals surface area contributed by atoms with E-state index < -0.39 is 0 Å². The van der Waals surface area contributed by atoms with Crippen LogP contribution >= 0.6 is 0 Å². The van der Waals surface area contributed by atoms with E-state index in [2.05, 4.69) is 15.3 Å². The van der Waals surface area contributed by atoms with Crippen molar-refractivity contribution < 1.29 is 14.4 Å². The molecule has 62 valence electrons. The number of carbonyl (C=O) groups is 2. The lowest BCUT2D eigenvalue weighted by Crippen LogP contribution is -2.36. The summed E-state index contributed by atoms with van der Waals surface area (Å²) in [6.45, 7) is 0.158. The molecule has 1 N–H and O–H groups in total. The smallest absolute Gasteiger partial charge is 0.232 e. The third-order valence-electron chi connectivity index (χ3n) is 1.72. The van der Waals surface area contributed by atoms with Gasteiger partial charge in [0.15, 0.2) is 5.78 Å². The molecular formula is C7H6N2O3. The average Bonchev–Trinajstić information content (AvgIpc) is 2.04. The van der Waals surface area contributed by atoms with Crippen LogP contribution in [-0.2, 0) is 14.4 Å². The monoisotopic (exact) mass is 166 g/mol. The molecule has 0 fully saturated rings. The van der Waals surface area contributed by atoms with Crippen LogP contribution in [0.25, 0.3) is 0 Å². The molecule has 0 atom stereocenters. The van der Waals surface area contributed by atoms with Crippen LogP contribution in [0.1, 0.15) is 6.42 Å². The van der Waals surface area contributed by atoms with Crippen LogP contribution in [0.4, 0.5) is 0 Å². The first-order valence-corrected chi connectivity index (χ1v) is 3.49. The molecule has 5 heteroatoms. The van der Waals surface area contributed by atoms with Crippen molar-refractivity contribution >= 4 is 17.9 Å². The molecule has 0 saturated carbocycles. The number of Topliss-reactive ketones (excluding diaryl/α,β-unsaturated/α-hetero) is 1. The summed E-state index contributed by atoms with van der Waals surface area (Å²) in [6.07, 6.45) is 1.25. The minimum atomic E-state index is -0.285. The summed E-state index contributed by atoms with van der Waals surface area (Å²) in [7, 11) is 0. The van der Waals surface area contributed by atoms with E-state index in [0.717, 1.165) is 0 Å². The Hall–Kier alpha value is -1.65. The van der Waals surface area contributed by atoms with Crippen LogP contribution < -0.4 is 5.32 Å². The molecule has 0 radical (unpaired) electrons. The largest absolute Gasteiger partial charge is 0.391 e. The topological polar surface area (TPSA) is 67.8 Å². The summed E-state index contributed by atoms with van der Waals surface area (Å²) in [5.74, 6) is -0.466. The lowest BCUT2D eigenvalue weighted by Gasteiger charge is -2.18. The van der Waals surface area contributed by atoms with Crippen molar-refractivity contribution in [2.75, 3.05) is 6.61 Å². The van der Waals surface area contributed by atoms with Crippen LogP contribution in [0.3, 0.4) is 0 Å². The number of carbonyl (C=O) groups excluding carboxylic acids is 2. The van der Waals surface area contributed by atoms with Crippen LogP contribution in [0.5, 0.6) is 0 Å². The predicted molar refractivity (Wildman–Crippen MR) is 39.2 cm³/mol. The van der Waals surface area contributed by atoms with E-state index in [4.69, 9.17) is 0 Å². The van der Waals surface area contributed by atoms with Crippen molar-refractivity contribution in [3.05, 3.63) is 11.3 Å². The van der Waals surface area contributed by atoms with E-state index >= 15 is 0 Å². The Morgan fingerprint density at radius 2 is 2.33 bits per heavy atom. The molecule has 0 bridgehead atoms. The number of rotatable bonds is 0. The molecule has 2 aliphatic heterocycles. The normalized spacial score (nSPS) is 21.7. The Labute approximate surface area is 68.1 Å². The van der Waals surface area contributed by atoms with Gasteiger partial charge >= 0.3 is 0 Å². The number of amides is 1. The van der Waals surface area contributed by atoms with Gasteiger partial charge in [-0.2, -0.15) is 0 Å². The summed E-state index contributed by atoms with van der Waals surface area (Å²) >= 11 is 0. The molecule has 0 aromatic heterocycles. The van der Waals surface area contributed by atoms with E-state index in [1.165, 1.54) is 6.21 Å². The van der Waals surface area contributed by atoms with Crippen molar-refractivity contribution in [1.82, 2.24) is 5.32 Å². The van der Waals surface area contributed by atoms with Crippen molar-refractivity contribution in [2.24, 2.45) is 5.16 Å². The fraction of sp³-hybridized carbons (Fsp3) is 0.286. The second-order valence-corrected chi connectivity index (χ2v) is 2.55. The van der Waals surface area contributed by atoms with E-state index in [9.17, 15) is 9.59 Å². The Kier molecular flexibility index (Phi) is 1.43. The lowest BCUT2D eigenvalue weighted by molar-refractivity contribution is -0.127. The third-order valence-corrected chi connectivity index (χ3v) is 1.72. The van der Waals surface area contributed by atoms with Gasteiger partial charge in [0, 0.05) is 0 Å². The molecule has 0 aromatic carbocycles. The zero-order chi connectivity index (χ0) is 8.55. The molecule has 12 heavy (non-hydrogen) atoms. The zero-order valence-electron chi connectivity index (χ0n) is 6.16. The summed E-state index contributed by atoms with van der Waals surface area (Å²) in [5, 5.41) is 6.02. The number of nitrogens with zero attached hydrogens (tertiary/aromatic N) is 1. The Balaban J connectivity index is 2.39. The molecule has 2 aliphatic rings. The van der Waals surface area contributed by atoms with Gasteiger partial charge in [-0.1, -0.05) is 5.16 Å². The second-order valence-electron chi connectivity index (χ2n) is 2.55. The second kappa shape index (κ2) is 2.44. The molecular weight excluding hydrogens is 160 g/mol. The van der Waals surface area contributed by atoms with Gasteiger partial charge < -0.3 is 10.2 Å². The van der Waals surface area contributed by atoms with E-state index in [1.807, 2.05) is 0 Å². The SMILES string of the molecule is O=C1CC(=O)C2=C(C=NOC2)N1. The van der Waals surface area contributed by atoms with Crippen molar-refractivity contribution in [1.29, 1.82) is 0 Å². The van der Waals surface area contributed by atoms with Crippen molar-refractivity contribution in [3.63, 3.8) is 0 Å². The van der Waals surface area contributed by atoms with E-state index in [1.54, 1.807) is 0 Å². The summed E-state index contributed by atoms with van der Waals surface area (Å²) in [5.41, 5.74) is 0.979. The van der Waals surface area contributed by atoms with E-state index in [-0.39, 0.29) is 24.7 Å². The molecule has 2 heterocycles. The van der Waals surface area contributed by atoms with Gasteiger partial charge in [0.05, 0.1) is 23.9 Å². The van der Waals surface area contributed by atoms with Gasteiger partial charge in [-0.05, 0) is 0 Å². The molecule has 2 rings (SSSR count). The Bertz CT molecular complexity index is 317. The fourth-order valence-corrected chi connectivity index (χ4v) is 1.13. The van der Waals surface area contributed by atoms with Gasteiger partial charge in [-0.3, -0.25) is 9.59 Å². The predicted octanol–water partition coefficient (Wildman–Crippen LogP) is -0.655. The van der Waals surface area contributed by atoms with Crippen LogP contribution in [0.2, 0.25) is 0 Å². The lowest BCUT2D eigenvalue weighted by atomic mass is 10.0. The fourth-order valence-electron chi connectivity index (χ4n) is 1.13. The van der Waals surface area contributed by atoms with Gasteiger partial charge in [-0.25, -0.2) is 0 Å². The number of hydrogen-bond acceptors (Lipinski definition) is 4. The van der Waals surface area contributed by atoms with Crippen molar-refractivity contribution in [3.8, 4) is 0 Å². The molecule has 0 saturated heterocycles. The number of nitrogens with one attached hydrogen (secondary N) is 1. The highest BCUT2D eigenvalue weighted by atomic mass is 16.6. The number of oxime groups is 1. The first-order valence-electron chi connectivity index (χ1n) is 3.49. The minimum Gasteiger partial charge on any atom is -0.391 e. The first-order chi connectivity index (χ1) is 5.77. The maximum atomic E-state index is 11.2. The van der Waals surface area contributed by atoms with Gasteiger partial charge in [0.2, 0.25) is 5.91 Å². The summed E-state index contributed by atoms with van der Waals surface area (Å²) < 4.78 is 0. The summed E-state index contributed by atoms with van der Waals surface area (Å²) in [6, 6.07) is 0. The molecule has 1 amide bonds. The highest BCUT2D eigenvalue weighted by Gasteiger charge is 2.26. The van der Waals surface area contributed by atoms with Gasteiger partial charge in [0.1, 0.15) is 6.61 Å². The maximum absolute atomic E-state index is 11.2. The molecule has 5 nitrogen and oxygen atoms in total. The van der Waals surface area contributed by atoms with E-state index in [0.29, 0.717) is 11.3 Å². The standard InChI is InChI=1S/C7H6N2O3/c10-6-1-7(11)9-5-2-8-12-3-4(5)6/h2H,1,3H2,(H,9,11). The number of allylic oxidation sites excluding steroid dienone is 1. The summed E-state index contributed by atoms with van der Waals surface area (Å²) in [4.78, 5) is 26.7. The highest BCUT2D eigenvalue weighted by molar-refractivity contribution is 6.14. The van der Waals surface area contributed by atoms with Crippen LogP contribution in [0.15, 0.2) is 16.4 Å². The molecule has 0 aromatic rings. The van der Waals surface area contributed by atoms with Gasteiger partial charge in [-0.15, -0.1) is 0 Å². The third kappa shape index (κ3) is 0.990. The minimum absolute atomic E-state index is 0.0873. The molecule has 0 unspecified atom stereocenters. The average molecular weight is 166 g/mol. The number of hydrogen-bond donors (Lipinski definition) is 1. The Morgan fingerprint density at radius 3 is 3.17 bits per heavy atom. The zero-order valence-corrected chi connectivity index (χ0v) is 6.16. The van der Waals surface area contributed by atoms with Crippen LogP contribution in [-0.4, -0.2) is 24.5 Å². The molecule has 0 aliphatic carbocycles. The Morgan fingerprint density at radius 1 is 1.50 bits per heavy atom. The maximum Gasteiger partial charge on any atom is 0.232 e. The highest BCUT2D eigenvalue weighted by Crippen LogP contribution is 2.13. The van der Waals surface area contributed by atoms with Gasteiger partial charge in [0.25, 0.3) is 0 Å². The quantitative estimate of drug-likeness (QED) is 0.486.